The number of amides is 1. The van der Waals surface area contributed by atoms with Crippen molar-refractivity contribution in [2.45, 2.75) is 19.3 Å². The summed E-state index contributed by atoms with van der Waals surface area (Å²) < 4.78 is 13.4. The lowest BCUT2D eigenvalue weighted by molar-refractivity contribution is 0.0942. The van der Waals surface area contributed by atoms with Gasteiger partial charge in [0.15, 0.2) is 5.13 Å². The summed E-state index contributed by atoms with van der Waals surface area (Å²) in [6.45, 7) is 0.713. The van der Waals surface area contributed by atoms with E-state index in [4.69, 9.17) is 0 Å². The molecule has 1 aromatic rings. The molecule has 0 unspecified atom stereocenters. The molecule has 0 aromatic carbocycles. The van der Waals surface area contributed by atoms with Gasteiger partial charge < -0.3 is 5.32 Å². The molecule has 1 N–H and O–H groups in total. The first-order valence-electron chi connectivity index (χ1n) is 4.90. The highest BCUT2D eigenvalue weighted by atomic mass is 79.9. The van der Waals surface area contributed by atoms with Crippen LogP contribution in [0.4, 0.5) is 4.39 Å². The number of carbonyl (C=O) groups excluding carboxylic acids is 1. The molecular weight excluding hydrogens is 281 g/mol. The van der Waals surface area contributed by atoms with Crippen LogP contribution in [0.25, 0.3) is 0 Å². The fourth-order valence-electron chi connectivity index (χ4n) is 1.51. The van der Waals surface area contributed by atoms with E-state index in [2.05, 4.69) is 21.2 Å². The van der Waals surface area contributed by atoms with Gasteiger partial charge in [0, 0.05) is 17.1 Å². The minimum Gasteiger partial charge on any atom is -0.351 e. The third-order valence-corrected chi connectivity index (χ3v) is 4.45. The van der Waals surface area contributed by atoms with Gasteiger partial charge in [-0.3, -0.25) is 4.79 Å². The van der Waals surface area contributed by atoms with Crippen LogP contribution in [0.15, 0.2) is 10.5 Å². The van der Waals surface area contributed by atoms with Gasteiger partial charge in [-0.2, -0.15) is 4.39 Å². The smallest absolute Gasteiger partial charge is 0.262 e. The molecule has 0 bridgehead atoms. The van der Waals surface area contributed by atoms with E-state index < -0.39 is 0 Å². The minimum absolute atomic E-state index is 0.178. The molecule has 0 atom stereocenters. The van der Waals surface area contributed by atoms with Crippen molar-refractivity contribution in [2.75, 3.05) is 6.54 Å². The van der Waals surface area contributed by atoms with Crippen molar-refractivity contribution in [3.8, 4) is 0 Å². The number of thiophene rings is 1. The number of nitrogens with one attached hydrogen (secondary N) is 1. The Bertz CT molecular complexity index is 375. The summed E-state index contributed by atoms with van der Waals surface area (Å²) in [6.07, 6.45) is 3.65. The number of hydrogen-bond donors (Lipinski definition) is 1. The maximum atomic E-state index is 12.8. The second kappa shape index (κ2) is 4.61. The topological polar surface area (TPSA) is 29.1 Å². The minimum atomic E-state index is -0.337. The van der Waals surface area contributed by atoms with Gasteiger partial charge in [0.2, 0.25) is 0 Å². The molecule has 1 fully saturated rings. The van der Waals surface area contributed by atoms with Crippen molar-refractivity contribution in [3.63, 3.8) is 0 Å². The standard InChI is InChI=1S/C10H11BrFNOS/c11-7-4-8(12)15-9(7)10(14)13-5-6-2-1-3-6/h4,6H,1-3,5H2,(H,13,14). The fraction of sp³-hybridized carbons (Fsp3) is 0.500. The van der Waals surface area contributed by atoms with Crippen LogP contribution in [-0.4, -0.2) is 12.5 Å². The highest BCUT2D eigenvalue weighted by Crippen LogP contribution is 2.27. The van der Waals surface area contributed by atoms with E-state index in [0.29, 0.717) is 21.8 Å². The normalized spacial score (nSPS) is 16.1. The number of rotatable bonds is 3. The Morgan fingerprint density at radius 1 is 1.67 bits per heavy atom. The lowest BCUT2D eigenvalue weighted by Gasteiger charge is -2.25. The Balaban J connectivity index is 1.92. The molecule has 15 heavy (non-hydrogen) atoms. The average Bonchev–Trinajstić information content (AvgIpc) is 2.42. The van der Waals surface area contributed by atoms with E-state index in [1.807, 2.05) is 0 Å². The molecule has 1 heterocycles. The SMILES string of the molecule is O=C(NCC1CCC1)c1sc(F)cc1Br. The van der Waals surface area contributed by atoms with Gasteiger partial charge in [0.1, 0.15) is 4.88 Å². The van der Waals surface area contributed by atoms with Crippen LogP contribution in [0, 0.1) is 11.0 Å². The lowest BCUT2D eigenvalue weighted by Crippen LogP contribution is -2.31. The van der Waals surface area contributed by atoms with Crippen molar-refractivity contribution in [1.29, 1.82) is 0 Å². The fourth-order valence-corrected chi connectivity index (χ4v) is 2.98. The monoisotopic (exact) mass is 291 g/mol. The Morgan fingerprint density at radius 3 is 2.87 bits per heavy atom. The van der Waals surface area contributed by atoms with Crippen molar-refractivity contribution >= 4 is 33.2 Å². The molecule has 1 aromatic heterocycles. The van der Waals surface area contributed by atoms with Crippen LogP contribution in [-0.2, 0) is 0 Å². The van der Waals surface area contributed by atoms with E-state index in [1.54, 1.807) is 0 Å². The van der Waals surface area contributed by atoms with Gasteiger partial charge in [0.05, 0.1) is 0 Å². The number of carbonyl (C=O) groups is 1. The predicted octanol–water partition coefficient (Wildman–Crippen LogP) is 3.18. The van der Waals surface area contributed by atoms with Gasteiger partial charge in [-0.15, -0.1) is 0 Å². The predicted molar refractivity (Wildman–Crippen MR) is 61.7 cm³/mol. The van der Waals surface area contributed by atoms with E-state index in [1.165, 1.54) is 25.3 Å². The lowest BCUT2D eigenvalue weighted by atomic mass is 9.85. The quantitative estimate of drug-likeness (QED) is 0.911. The Hall–Kier alpha value is -0.420. The first kappa shape index (κ1) is 11.1. The van der Waals surface area contributed by atoms with Gasteiger partial charge >= 0.3 is 0 Å². The van der Waals surface area contributed by atoms with Crippen LogP contribution in [0.1, 0.15) is 28.9 Å². The number of halogens is 2. The van der Waals surface area contributed by atoms with Crippen molar-refractivity contribution < 1.29 is 9.18 Å². The molecular formula is C10H11BrFNOS. The third kappa shape index (κ3) is 2.58. The second-order valence-electron chi connectivity index (χ2n) is 3.73. The van der Waals surface area contributed by atoms with Gasteiger partial charge in [-0.1, -0.05) is 17.8 Å². The third-order valence-electron chi connectivity index (χ3n) is 2.64. The van der Waals surface area contributed by atoms with Gasteiger partial charge in [-0.05, 0) is 34.7 Å². The maximum absolute atomic E-state index is 12.8. The molecule has 0 radical (unpaired) electrons. The Labute approximate surface area is 100 Å². The molecule has 1 aliphatic carbocycles. The van der Waals surface area contributed by atoms with E-state index in [-0.39, 0.29) is 11.0 Å². The van der Waals surface area contributed by atoms with E-state index in [0.717, 1.165) is 11.3 Å². The molecule has 1 amide bonds. The second-order valence-corrected chi connectivity index (χ2v) is 5.59. The van der Waals surface area contributed by atoms with Gasteiger partial charge in [0.25, 0.3) is 5.91 Å². The molecule has 82 valence electrons. The van der Waals surface area contributed by atoms with E-state index >= 15 is 0 Å². The summed E-state index contributed by atoms with van der Waals surface area (Å²) in [7, 11) is 0. The molecule has 0 aliphatic heterocycles. The highest BCUT2D eigenvalue weighted by Gasteiger charge is 2.20. The molecule has 1 aliphatic rings. The zero-order chi connectivity index (χ0) is 10.8. The first-order chi connectivity index (χ1) is 7.16. The van der Waals surface area contributed by atoms with Crippen LogP contribution in [0.3, 0.4) is 0 Å². The van der Waals surface area contributed by atoms with Gasteiger partial charge in [-0.25, -0.2) is 0 Å². The first-order valence-corrected chi connectivity index (χ1v) is 6.51. The molecule has 2 nitrogen and oxygen atoms in total. The molecule has 0 spiro atoms. The largest absolute Gasteiger partial charge is 0.351 e. The zero-order valence-corrected chi connectivity index (χ0v) is 10.5. The Morgan fingerprint density at radius 2 is 2.40 bits per heavy atom. The summed E-state index contributed by atoms with van der Waals surface area (Å²) in [5.41, 5.74) is 0. The molecule has 2 rings (SSSR count). The molecule has 0 saturated heterocycles. The summed E-state index contributed by atoms with van der Waals surface area (Å²) in [5.74, 6) is 0.445. The summed E-state index contributed by atoms with van der Waals surface area (Å²) in [5, 5.41) is 2.49. The van der Waals surface area contributed by atoms with Crippen molar-refractivity contribution in [1.82, 2.24) is 5.32 Å². The molecule has 1 saturated carbocycles. The summed E-state index contributed by atoms with van der Waals surface area (Å²) in [4.78, 5) is 12.0. The Kier molecular flexibility index (Phi) is 3.41. The molecule has 5 heteroatoms. The van der Waals surface area contributed by atoms with Crippen molar-refractivity contribution in [2.24, 2.45) is 5.92 Å². The van der Waals surface area contributed by atoms with E-state index in [9.17, 15) is 9.18 Å². The number of hydrogen-bond acceptors (Lipinski definition) is 2. The van der Waals surface area contributed by atoms with Crippen LogP contribution >= 0.6 is 27.3 Å². The van der Waals surface area contributed by atoms with Crippen LogP contribution in [0.2, 0.25) is 0 Å². The highest BCUT2D eigenvalue weighted by molar-refractivity contribution is 9.10. The zero-order valence-electron chi connectivity index (χ0n) is 8.06. The summed E-state index contributed by atoms with van der Waals surface area (Å²) in [6, 6.07) is 1.32. The summed E-state index contributed by atoms with van der Waals surface area (Å²) >= 11 is 4.04. The van der Waals surface area contributed by atoms with Crippen LogP contribution in [0.5, 0.6) is 0 Å². The maximum Gasteiger partial charge on any atom is 0.262 e. The van der Waals surface area contributed by atoms with Crippen molar-refractivity contribution in [3.05, 3.63) is 20.5 Å². The van der Waals surface area contributed by atoms with Crippen LogP contribution < -0.4 is 5.32 Å². The average molecular weight is 292 g/mol.